The summed E-state index contributed by atoms with van der Waals surface area (Å²) in [5.74, 6) is 0.830. The van der Waals surface area contributed by atoms with Crippen molar-refractivity contribution in [1.82, 2.24) is 19.9 Å². The predicted octanol–water partition coefficient (Wildman–Crippen LogP) is 2.48. The highest BCUT2D eigenvalue weighted by atomic mass is 15.1. The molecule has 5 N–H and O–H groups in total. The molecule has 7 heteroatoms. The highest BCUT2D eigenvalue weighted by molar-refractivity contribution is 6.16. The van der Waals surface area contributed by atoms with E-state index in [-0.39, 0.29) is 17.6 Å². The monoisotopic (exact) mass is 309 g/mol. The van der Waals surface area contributed by atoms with Crippen molar-refractivity contribution < 1.29 is 0 Å². The van der Waals surface area contributed by atoms with E-state index < -0.39 is 0 Å². The molecule has 3 aromatic rings. The van der Waals surface area contributed by atoms with Gasteiger partial charge in [-0.25, -0.2) is 9.97 Å². The maximum absolute atomic E-state index is 8.52. The number of nitrogen functional groups attached to an aromatic ring is 1. The van der Waals surface area contributed by atoms with Crippen molar-refractivity contribution in [3.8, 4) is 0 Å². The van der Waals surface area contributed by atoms with Gasteiger partial charge >= 0.3 is 0 Å². The van der Waals surface area contributed by atoms with E-state index in [1.165, 1.54) is 6.33 Å². The Morgan fingerprint density at radius 2 is 2.09 bits per heavy atom. The number of pyridine rings is 1. The first-order valence-electron chi connectivity index (χ1n) is 7.38. The van der Waals surface area contributed by atoms with Crippen LogP contribution in [0, 0.1) is 12.3 Å². The number of rotatable bonds is 4. The van der Waals surface area contributed by atoms with Gasteiger partial charge in [0.1, 0.15) is 18.0 Å². The topological polar surface area (TPSA) is 116 Å². The smallest absolute Gasteiger partial charge is 0.141 e. The van der Waals surface area contributed by atoms with Crippen molar-refractivity contribution in [3.63, 3.8) is 0 Å². The zero-order valence-corrected chi connectivity index (χ0v) is 13.3. The van der Waals surface area contributed by atoms with Crippen LogP contribution in [0.5, 0.6) is 0 Å². The third kappa shape index (κ3) is 2.85. The van der Waals surface area contributed by atoms with Gasteiger partial charge in [0.2, 0.25) is 0 Å². The molecule has 0 aliphatic heterocycles. The first kappa shape index (κ1) is 15.0. The molecule has 0 unspecified atom stereocenters. The van der Waals surface area contributed by atoms with Crippen LogP contribution in [0.3, 0.4) is 0 Å². The lowest BCUT2D eigenvalue weighted by Crippen LogP contribution is -2.18. The van der Waals surface area contributed by atoms with Gasteiger partial charge < -0.3 is 16.0 Å². The molecule has 23 heavy (non-hydrogen) atoms. The Hall–Kier alpha value is -2.96. The Morgan fingerprint density at radius 1 is 1.30 bits per heavy atom. The fraction of sp³-hybridized carbons (Fsp3) is 0.250. The van der Waals surface area contributed by atoms with E-state index in [2.05, 4.69) is 25.3 Å². The second-order valence-electron chi connectivity index (χ2n) is 5.73. The summed E-state index contributed by atoms with van der Waals surface area (Å²) < 4.78 is 0. The molecule has 0 aliphatic carbocycles. The van der Waals surface area contributed by atoms with Crippen LogP contribution in [0.25, 0.3) is 11.0 Å². The molecule has 0 bridgehead atoms. The predicted molar refractivity (Wildman–Crippen MR) is 92.0 cm³/mol. The first-order chi connectivity index (χ1) is 11.0. The summed E-state index contributed by atoms with van der Waals surface area (Å²) in [6.45, 7) is 5.94. The van der Waals surface area contributed by atoms with Crippen LogP contribution in [0.1, 0.15) is 30.8 Å². The van der Waals surface area contributed by atoms with E-state index >= 15 is 0 Å². The fourth-order valence-electron chi connectivity index (χ4n) is 2.41. The molecule has 0 aromatic carbocycles. The molecular formula is C16H19N7. The number of fused-ring (bicyclic) bond motifs is 1. The molecule has 0 fully saturated rings. The zero-order chi connectivity index (χ0) is 16.6. The molecule has 0 atom stereocenters. The van der Waals surface area contributed by atoms with Crippen LogP contribution in [-0.2, 0) is 0 Å². The number of aromatic amines is 1. The third-order valence-electron chi connectivity index (χ3n) is 3.44. The largest absolute Gasteiger partial charge is 0.383 e. The Bertz CT molecular complexity index is 879. The van der Waals surface area contributed by atoms with Gasteiger partial charge in [-0.05, 0) is 39.0 Å². The molecule has 3 heterocycles. The minimum atomic E-state index is 0.169. The molecule has 118 valence electrons. The second kappa shape index (κ2) is 5.68. The summed E-state index contributed by atoms with van der Waals surface area (Å²) in [5.41, 5.74) is 9.98. The lowest BCUT2D eigenvalue weighted by atomic mass is 10.1. The van der Waals surface area contributed by atoms with Crippen LogP contribution in [0.2, 0.25) is 0 Å². The quantitative estimate of drug-likeness (QED) is 0.552. The standard InChI is InChI=1S/C16H19N7/c1-8(2)21-16-13(15(18)19-7-20-16)14(17)12-6-11-10(23-12)5-4-9(3)22-11/h4-8,17,23H,1-3H3,(H3,18,19,20,21). The fourth-order valence-corrected chi connectivity index (χ4v) is 2.41. The first-order valence-corrected chi connectivity index (χ1v) is 7.38. The number of nitrogens with one attached hydrogen (secondary N) is 3. The molecule has 0 amide bonds. The normalized spacial score (nSPS) is 11.1. The zero-order valence-electron chi connectivity index (χ0n) is 13.3. The van der Waals surface area contributed by atoms with E-state index in [9.17, 15) is 0 Å². The molecule has 3 rings (SSSR count). The average Bonchev–Trinajstić information content (AvgIpc) is 2.89. The molecule has 3 aromatic heterocycles. The third-order valence-corrected chi connectivity index (χ3v) is 3.44. The number of hydrogen-bond donors (Lipinski definition) is 4. The summed E-state index contributed by atoms with van der Waals surface area (Å²) in [5, 5.41) is 11.7. The SMILES string of the molecule is Cc1ccc2[nH]c(C(=N)c3c(N)ncnc3NC(C)C)cc2n1. The van der Waals surface area contributed by atoms with Crippen molar-refractivity contribution in [2.75, 3.05) is 11.1 Å². The van der Waals surface area contributed by atoms with Gasteiger partial charge in [0.15, 0.2) is 0 Å². The summed E-state index contributed by atoms with van der Waals surface area (Å²) in [7, 11) is 0. The van der Waals surface area contributed by atoms with Gasteiger partial charge in [-0.1, -0.05) is 0 Å². The maximum Gasteiger partial charge on any atom is 0.141 e. The molecular weight excluding hydrogens is 290 g/mol. The van der Waals surface area contributed by atoms with Gasteiger partial charge in [0.05, 0.1) is 28.0 Å². The van der Waals surface area contributed by atoms with Gasteiger partial charge in [-0.3, -0.25) is 10.4 Å². The molecule has 0 spiro atoms. The van der Waals surface area contributed by atoms with Gasteiger partial charge in [-0.2, -0.15) is 0 Å². The molecule has 7 nitrogen and oxygen atoms in total. The Kier molecular flexibility index (Phi) is 3.69. The van der Waals surface area contributed by atoms with Gasteiger partial charge in [-0.15, -0.1) is 0 Å². The molecule has 0 aliphatic rings. The van der Waals surface area contributed by atoms with Crippen molar-refractivity contribution in [3.05, 3.63) is 41.5 Å². The van der Waals surface area contributed by atoms with Crippen LogP contribution >= 0.6 is 0 Å². The highest BCUT2D eigenvalue weighted by Gasteiger charge is 2.18. The van der Waals surface area contributed by atoms with Gasteiger partial charge in [0, 0.05) is 11.7 Å². The summed E-state index contributed by atoms with van der Waals surface area (Å²) in [6.07, 6.45) is 1.40. The molecule has 0 saturated carbocycles. The van der Waals surface area contributed by atoms with E-state index in [0.29, 0.717) is 17.1 Å². The van der Waals surface area contributed by atoms with Crippen LogP contribution in [-0.4, -0.2) is 31.7 Å². The number of hydrogen-bond acceptors (Lipinski definition) is 6. The molecule has 0 saturated heterocycles. The average molecular weight is 309 g/mol. The van der Waals surface area contributed by atoms with E-state index in [1.54, 1.807) is 0 Å². The Balaban J connectivity index is 2.08. The van der Waals surface area contributed by atoms with Gasteiger partial charge in [0.25, 0.3) is 0 Å². The minimum Gasteiger partial charge on any atom is -0.383 e. The Morgan fingerprint density at radius 3 is 2.83 bits per heavy atom. The summed E-state index contributed by atoms with van der Waals surface area (Å²) in [4.78, 5) is 15.9. The number of nitrogens with zero attached hydrogens (tertiary/aromatic N) is 3. The minimum absolute atomic E-state index is 0.169. The number of H-pyrrole nitrogens is 1. The summed E-state index contributed by atoms with van der Waals surface area (Å²) in [6, 6.07) is 5.89. The highest BCUT2D eigenvalue weighted by Crippen LogP contribution is 2.23. The van der Waals surface area contributed by atoms with Crippen molar-refractivity contribution in [1.29, 1.82) is 5.41 Å². The van der Waals surface area contributed by atoms with E-state index in [1.807, 2.05) is 39.0 Å². The number of aromatic nitrogens is 4. The van der Waals surface area contributed by atoms with Crippen molar-refractivity contribution in [2.24, 2.45) is 0 Å². The van der Waals surface area contributed by atoms with Crippen LogP contribution < -0.4 is 11.1 Å². The second-order valence-corrected chi connectivity index (χ2v) is 5.73. The lowest BCUT2D eigenvalue weighted by molar-refractivity contribution is 0.885. The van der Waals surface area contributed by atoms with E-state index in [4.69, 9.17) is 11.1 Å². The van der Waals surface area contributed by atoms with Crippen LogP contribution in [0.15, 0.2) is 24.5 Å². The van der Waals surface area contributed by atoms with Crippen LogP contribution in [0.4, 0.5) is 11.6 Å². The summed E-state index contributed by atoms with van der Waals surface area (Å²) >= 11 is 0. The van der Waals surface area contributed by atoms with E-state index in [0.717, 1.165) is 16.7 Å². The Labute approximate surface area is 133 Å². The maximum atomic E-state index is 8.52. The van der Waals surface area contributed by atoms with Crippen molar-refractivity contribution in [2.45, 2.75) is 26.8 Å². The molecule has 0 radical (unpaired) electrons. The van der Waals surface area contributed by atoms with Crippen molar-refractivity contribution >= 4 is 28.4 Å². The number of nitrogens with two attached hydrogens (primary N) is 1. The number of aryl methyl sites for hydroxylation is 1. The lowest BCUT2D eigenvalue weighted by Gasteiger charge is -2.14. The number of anilines is 2.